The molecule has 2 fully saturated rings. The maximum atomic E-state index is 11.5. The molecule has 124 valence electrons. The summed E-state index contributed by atoms with van der Waals surface area (Å²) in [7, 11) is -3.38. The minimum absolute atomic E-state index is 0.0615. The van der Waals surface area contributed by atoms with Gasteiger partial charge in [0.15, 0.2) is 5.76 Å². The normalized spacial score (nSPS) is 28.0. The molecule has 2 aliphatic heterocycles. The van der Waals surface area contributed by atoms with E-state index in [0.717, 1.165) is 51.6 Å². The molecule has 4 heterocycles. The van der Waals surface area contributed by atoms with Crippen molar-refractivity contribution in [2.75, 3.05) is 25.9 Å². The number of hydrogen-bond donors (Lipinski definition) is 0. The molecule has 0 radical (unpaired) electrons. The molecule has 0 aromatic carbocycles. The second-order valence-electron chi connectivity index (χ2n) is 6.58. The first-order valence-corrected chi connectivity index (χ1v) is 9.72. The van der Waals surface area contributed by atoms with Crippen molar-refractivity contribution in [1.82, 2.24) is 15.0 Å². The first kappa shape index (κ1) is 14.9. The first-order chi connectivity index (χ1) is 11.0. The van der Waals surface area contributed by atoms with Crippen molar-refractivity contribution in [3.8, 4) is 11.6 Å². The van der Waals surface area contributed by atoms with Crippen LogP contribution in [0.25, 0.3) is 11.6 Å². The molecule has 2 aliphatic rings. The van der Waals surface area contributed by atoms with Crippen LogP contribution < -0.4 is 0 Å². The molecule has 2 aromatic heterocycles. The van der Waals surface area contributed by atoms with E-state index in [9.17, 15) is 8.42 Å². The zero-order valence-electron chi connectivity index (χ0n) is 13.0. The predicted octanol–water partition coefficient (Wildman–Crippen LogP) is 1.86. The highest BCUT2D eigenvalue weighted by molar-refractivity contribution is 7.90. The summed E-state index contributed by atoms with van der Waals surface area (Å²) in [4.78, 5) is 6.97. The summed E-state index contributed by atoms with van der Waals surface area (Å²) in [5, 5.41) is 3.92. The summed E-state index contributed by atoms with van der Waals surface area (Å²) in [6, 6.07) is 2.98. The second kappa shape index (κ2) is 5.17. The number of rotatable bonds is 3. The van der Waals surface area contributed by atoms with E-state index in [2.05, 4.69) is 15.0 Å². The highest BCUT2D eigenvalue weighted by Crippen LogP contribution is 2.41. The number of furan rings is 1. The van der Waals surface area contributed by atoms with Gasteiger partial charge in [-0.25, -0.2) is 8.42 Å². The average molecular weight is 337 g/mol. The van der Waals surface area contributed by atoms with Gasteiger partial charge in [0.05, 0.1) is 5.41 Å². The Morgan fingerprint density at radius 2 is 1.96 bits per heavy atom. The number of aromatic nitrogens is 2. The van der Waals surface area contributed by atoms with Gasteiger partial charge in [-0.05, 0) is 50.9 Å². The Hall–Kier alpha value is -1.67. The van der Waals surface area contributed by atoms with Crippen molar-refractivity contribution in [3.63, 3.8) is 0 Å². The largest absolute Gasteiger partial charge is 0.441 e. The molecule has 8 heteroatoms. The van der Waals surface area contributed by atoms with Gasteiger partial charge in [-0.2, -0.15) is 4.98 Å². The monoisotopic (exact) mass is 337 g/mol. The van der Waals surface area contributed by atoms with E-state index in [-0.39, 0.29) is 10.5 Å². The zero-order valence-corrected chi connectivity index (χ0v) is 13.8. The van der Waals surface area contributed by atoms with Crippen LogP contribution in [0.3, 0.4) is 0 Å². The van der Waals surface area contributed by atoms with Gasteiger partial charge < -0.3 is 13.8 Å². The Bertz CT molecular complexity index is 813. The van der Waals surface area contributed by atoms with Gasteiger partial charge in [0.2, 0.25) is 26.6 Å². The van der Waals surface area contributed by atoms with Crippen molar-refractivity contribution in [1.29, 1.82) is 0 Å². The summed E-state index contributed by atoms with van der Waals surface area (Å²) in [6.07, 6.45) is 5.48. The highest BCUT2D eigenvalue weighted by Gasteiger charge is 2.44. The SMILES string of the molecule is CS(=O)(=O)c1ccc(-c2noc(C34CCCN(CCC3)C4)n2)o1. The molecule has 2 bridgehead atoms. The van der Waals surface area contributed by atoms with Crippen LogP contribution in [0, 0.1) is 0 Å². The van der Waals surface area contributed by atoms with Crippen LogP contribution >= 0.6 is 0 Å². The quantitative estimate of drug-likeness (QED) is 0.844. The van der Waals surface area contributed by atoms with Crippen molar-refractivity contribution >= 4 is 9.84 Å². The lowest BCUT2D eigenvalue weighted by atomic mass is 9.73. The zero-order chi connectivity index (χ0) is 16.1. The van der Waals surface area contributed by atoms with Gasteiger partial charge in [-0.15, -0.1) is 0 Å². The minimum Gasteiger partial charge on any atom is -0.441 e. The van der Waals surface area contributed by atoms with Crippen LogP contribution in [-0.2, 0) is 15.3 Å². The molecule has 0 saturated carbocycles. The maximum Gasteiger partial charge on any atom is 0.238 e. The Morgan fingerprint density at radius 1 is 1.22 bits per heavy atom. The summed E-state index contributed by atoms with van der Waals surface area (Å²) in [5.74, 6) is 1.28. The molecule has 2 saturated heterocycles. The van der Waals surface area contributed by atoms with Gasteiger partial charge in [0, 0.05) is 12.8 Å². The molecular weight excluding hydrogens is 318 g/mol. The lowest BCUT2D eigenvalue weighted by Crippen LogP contribution is -2.50. The lowest BCUT2D eigenvalue weighted by Gasteiger charge is -2.44. The molecule has 0 spiro atoms. The highest BCUT2D eigenvalue weighted by atomic mass is 32.2. The topological polar surface area (TPSA) is 89.4 Å². The molecule has 2 aromatic rings. The fraction of sp³-hybridized carbons (Fsp3) is 0.600. The van der Waals surface area contributed by atoms with Crippen LogP contribution in [0.1, 0.15) is 31.6 Å². The fourth-order valence-corrected chi connectivity index (χ4v) is 4.28. The fourth-order valence-electron chi connectivity index (χ4n) is 3.72. The predicted molar refractivity (Wildman–Crippen MR) is 81.7 cm³/mol. The Kier molecular flexibility index (Phi) is 3.35. The van der Waals surface area contributed by atoms with Crippen molar-refractivity contribution < 1.29 is 17.4 Å². The van der Waals surface area contributed by atoms with Crippen molar-refractivity contribution in [3.05, 3.63) is 18.0 Å². The molecule has 0 N–H and O–H groups in total. The van der Waals surface area contributed by atoms with Crippen LogP contribution in [0.2, 0.25) is 0 Å². The van der Waals surface area contributed by atoms with E-state index >= 15 is 0 Å². The number of hydrogen-bond acceptors (Lipinski definition) is 7. The third kappa shape index (κ3) is 2.59. The van der Waals surface area contributed by atoms with Gasteiger partial charge in [-0.1, -0.05) is 5.16 Å². The van der Waals surface area contributed by atoms with Gasteiger partial charge in [-0.3, -0.25) is 0 Å². The van der Waals surface area contributed by atoms with Crippen LogP contribution in [0.4, 0.5) is 0 Å². The first-order valence-electron chi connectivity index (χ1n) is 7.83. The summed E-state index contributed by atoms with van der Waals surface area (Å²) >= 11 is 0. The molecular formula is C15H19N3O4S. The molecule has 0 amide bonds. The second-order valence-corrected chi connectivity index (χ2v) is 8.52. The van der Waals surface area contributed by atoms with E-state index in [1.165, 1.54) is 6.07 Å². The Morgan fingerprint density at radius 3 is 2.61 bits per heavy atom. The molecule has 4 rings (SSSR count). The van der Waals surface area contributed by atoms with Gasteiger partial charge in [0.25, 0.3) is 0 Å². The van der Waals surface area contributed by atoms with Gasteiger partial charge in [0.1, 0.15) is 0 Å². The Labute approximate surface area is 134 Å². The van der Waals surface area contributed by atoms with Crippen LogP contribution in [-0.4, -0.2) is 49.3 Å². The van der Waals surface area contributed by atoms with E-state index in [4.69, 9.17) is 8.94 Å². The number of fused-ring (bicyclic) bond motifs is 2. The van der Waals surface area contributed by atoms with E-state index in [1.807, 2.05) is 0 Å². The standard InChI is InChI=1S/C15H19N3O4S/c1-23(19,20)12-5-4-11(21-12)13-16-14(22-17-13)15-6-2-8-18(10-15)9-3-7-15/h4-5H,2-3,6-10H2,1H3. The maximum absolute atomic E-state index is 11.5. The minimum atomic E-state index is -3.38. The smallest absolute Gasteiger partial charge is 0.238 e. The van der Waals surface area contributed by atoms with E-state index in [0.29, 0.717) is 17.5 Å². The van der Waals surface area contributed by atoms with Gasteiger partial charge >= 0.3 is 0 Å². The molecule has 0 unspecified atom stereocenters. The van der Waals surface area contributed by atoms with E-state index < -0.39 is 9.84 Å². The molecule has 0 atom stereocenters. The number of nitrogens with zero attached hydrogens (tertiary/aromatic N) is 3. The number of piperidine rings is 2. The average Bonchev–Trinajstić information content (AvgIpc) is 3.16. The van der Waals surface area contributed by atoms with Crippen molar-refractivity contribution in [2.45, 2.75) is 36.2 Å². The van der Waals surface area contributed by atoms with Crippen molar-refractivity contribution in [2.24, 2.45) is 0 Å². The summed E-state index contributed by atoms with van der Waals surface area (Å²) in [5.41, 5.74) is -0.0615. The van der Waals surface area contributed by atoms with Crippen LogP contribution in [0.5, 0.6) is 0 Å². The number of sulfone groups is 1. The third-order valence-electron chi connectivity index (χ3n) is 4.83. The Balaban J connectivity index is 1.65. The molecule has 0 aliphatic carbocycles. The lowest BCUT2D eigenvalue weighted by molar-refractivity contribution is 0.0711. The van der Waals surface area contributed by atoms with Crippen LogP contribution in [0.15, 0.2) is 26.2 Å². The summed E-state index contributed by atoms with van der Waals surface area (Å²) in [6.45, 7) is 3.23. The van der Waals surface area contributed by atoms with E-state index in [1.54, 1.807) is 6.07 Å². The molecule has 7 nitrogen and oxygen atoms in total. The summed E-state index contributed by atoms with van der Waals surface area (Å²) < 4.78 is 33.9. The third-order valence-corrected chi connectivity index (χ3v) is 5.78. The molecule has 23 heavy (non-hydrogen) atoms.